The second-order valence-electron chi connectivity index (χ2n) is 1.02. The van der Waals surface area contributed by atoms with Crippen LogP contribution in [0.2, 0.25) is 0 Å². The Hall–Kier alpha value is -0.620. The van der Waals surface area contributed by atoms with Crippen molar-refractivity contribution in [3.05, 3.63) is 0 Å². The topological polar surface area (TPSA) is 29.4 Å². The van der Waals surface area contributed by atoms with Crippen molar-refractivity contribution < 1.29 is 4.79 Å². The molecular weight excluding hydrogens is 90.1 g/mol. The zero-order valence-corrected chi connectivity index (χ0v) is 5.06. The van der Waals surface area contributed by atoms with Crippen LogP contribution >= 0.6 is 0 Å². The lowest BCUT2D eigenvalue weighted by Crippen LogP contribution is -1.38. The average molecular weight is 101 g/mol. The van der Waals surface area contributed by atoms with Crippen LogP contribution in [0.15, 0.2) is 4.99 Å². The van der Waals surface area contributed by atoms with E-state index >= 15 is 0 Å². The van der Waals surface area contributed by atoms with E-state index in [1.807, 2.05) is 0 Å². The lowest BCUT2D eigenvalue weighted by Gasteiger charge is -1.48. The molecule has 0 unspecified atom stereocenters. The lowest BCUT2D eigenvalue weighted by molar-refractivity contribution is 0.564. The highest BCUT2D eigenvalue weighted by molar-refractivity contribution is 5.32. The van der Waals surface area contributed by atoms with Gasteiger partial charge in [-0.3, -0.25) is 0 Å². The lowest BCUT2D eigenvalue weighted by atomic mass is 10.6. The summed E-state index contributed by atoms with van der Waals surface area (Å²) < 4.78 is 0. The minimum absolute atomic E-state index is 1.25. The monoisotopic (exact) mass is 101 g/mol. The summed E-state index contributed by atoms with van der Waals surface area (Å²) in [6.07, 6.45) is 2.56. The van der Waals surface area contributed by atoms with Gasteiger partial charge < -0.3 is 0 Å². The Morgan fingerprint density at radius 1 is 1.57 bits per heavy atom. The number of aliphatic imine (C=N–C) groups is 1. The Morgan fingerprint density at radius 3 is 1.71 bits per heavy atom. The van der Waals surface area contributed by atoms with Crippen molar-refractivity contribution in [2.75, 3.05) is 7.05 Å². The highest BCUT2D eigenvalue weighted by atomic mass is 16.1. The van der Waals surface area contributed by atoms with Crippen LogP contribution in [0, 0.1) is 0 Å². The van der Waals surface area contributed by atoms with Crippen LogP contribution < -0.4 is 0 Å². The number of hydrogen-bond donors (Lipinski definition) is 0. The van der Waals surface area contributed by atoms with Crippen molar-refractivity contribution in [1.29, 1.82) is 0 Å². The summed E-state index contributed by atoms with van der Waals surface area (Å²) in [6, 6.07) is 0. The van der Waals surface area contributed by atoms with Crippen LogP contribution in [-0.2, 0) is 4.79 Å². The van der Waals surface area contributed by atoms with Gasteiger partial charge in [0, 0.05) is 7.05 Å². The molecule has 0 amide bonds. The highest BCUT2D eigenvalue weighted by Crippen LogP contribution is 1.56. The molecule has 0 radical (unpaired) electrons. The van der Waals surface area contributed by atoms with Crippen molar-refractivity contribution in [1.82, 2.24) is 0 Å². The van der Waals surface area contributed by atoms with E-state index in [9.17, 15) is 0 Å². The Bertz CT molecular complexity index is 55.1. The second kappa shape index (κ2) is 18.2. The highest BCUT2D eigenvalue weighted by Gasteiger charge is 1.35. The number of rotatable bonds is 0. The molecule has 2 nitrogen and oxygen atoms in total. The summed E-state index contributed by atoms with van der Waals surface area (Å²) in [7, 11) is 1.38. The zero-order chi connectivity index (χ0) is 6.12. The summed E-state index contributed by atoms with van der Waals surface area (Å²) in [5.74, 6) is 0. The molecule has 0 saturated carbocycles. The molecule has 42 valence electrons. The standard InChI is InChI=1S/C3H8.C2H3NO/c1-3-2;1-3-2-4/h3H2,1-2H3;1H3. The molecule has 7 heavy (non-hydrogen) atoms. The van der Waals surface area contributed by atoms with Crippen molar-refractivity contribution in [3.8, 4) is 0 Å². The van der Waals surface area contributed by atoms with Gasteiger partial charge in [-0.1, -0.05) is 20.3 Å². The third-order valence-electron chi connectivity index (χ3n) is 0.0913. The first-order valence-corrected chi connectivity index (χ1v) is 2.29. The SMILES string of the molecule is CCC.CN=C=O. The molecule has 0 aliphatic heterocycles. The van der Waals surface area contributed by atoms with Gasteiger partial charge in [-0.25, -0.2) is 9.79 Å². The molecule has 0 aromatic carbocycles. The first-order chi connectivity index (χ1) is 3.33. The summed E-state index contributed by atoms with van der Waals surface area (Å²) in [5, 5.41) is 0. The van der Waals surface area contributed by atoms with Crippen LogP contribution in [0.5, 0.6) is 0 Å². The molecule has 0 rings (SSSR count). The van der Waals surface area contributed by atoms with Gasteiger partial charge in [0.05, 0.1) is 0 Å². The molecule has 0 bridgehead atoms. The third kappa shape index (κ3) is 426. The Morgan fingerprint density at radius 2 is 1.71 bits per heavy atom. The summed E-state index contributed by atoms with van der Waals surface area (Å²) >= 11 is 0. The van der Waals surface area contributed by atoms with Gasteiger partial charge in [0.1, 0.15) is 0 Å². The smallest absolute Gasteiger partial charge is 0.211 e. The molecule has 0 saturated heterocycles. The maximum absolute atomic E-state index is 8.88. The molecule has 2 heteroatoms. The van der Waals surface area contributed by atoms with E-state index in [0.717, 1.165) is 0 Å². The fourth-order valence-electron chi connectivity index (χ4n) is 0. The first kappa shape index (κ1) is 9.63. The second-order valence-corrected chi connectivity index (χ2v) is 1.02. The molecule has 0 heterocycles. The van der Waals surface area contributed by atoms with Gasteiger partial charge in [0.15, 0.2) is 0 Å². The van der Waals surface area contributed by atoms with E-state index in [4.69, 9.17) is 4.79 Å². The molecule has 0 aliphatic rings. The fourth-order valence-corrected chi connectivity index (χ4v) is 0. The Balaban J connectivity index is 0. The van der Waals surface area contributed by atoms with Gasteiger partial charge in [0.25, 0.3) is 0 Å². The van der Waals surface area contributed by atoms with E-state index in [0.29, 0.717) is 0 Å². The van der Waals surface area contributed by atoms with E-state index in [1.165, 1.54) is 19.5 Å². The molecule has 0 aromatic heterocycles. The van der Waals surface area contributed by atoms with Crippen molar-refractivity contribution in [2.45, 2.75) is 20.3 Å². The van der Waals surface area contributed by atoms with Crippen LogP contribution in [0.3, 0.4) is 0 Å². The van der Waals surface area contributed by atoms with Crippen LogP contribution in [0.1, 0.15) is 20.3 Å². The average Bonchev–Trinajstić information content (AvgIpc) is 1.69. The quantitative estimate of drug-likeness (QED) is 0.334. The summed E-state index contributed by atoms with van der Waals surface area (Å²) in [6.45, 7) is 4.25. The predicted octanol–water partition coefficient (Wildman–Crippen LogP) is 1.37. The van der Waals surface area contributed by atoms with Gasteiger partial charge in [-0.15, -0.1) is 0 Å². The van der Waals surface area contributed by atoms with Gasteiger partial charge >= 0.3 is 0 Å². The fraction of sp³-hybridized carbons (Fsp3) is 0.800. The van der Waals surface area contributed by atoms with Gasteiger partial charge in [-0.2, -0.15) is 0 Å². The Labute approximate surface area is 44.3 Å². The molecular formula is C5H11NO. The molecule has 0 N–H and O–H groups in total. The number of hydrogen-bond acceptors (Lipinski definition) is 2. The maximum atomic E-state index is 8.88. The number of isocyanates is 1. The van der Waals surface area contributed by atoms with Crippen LogP contribution in [-0.4, -0.2) is 13.1 Å². The minimum Gasteiger partial charge on any atom is -0.211 e. The normalized spacial score (nSPS) is 5.00. The van der Waals surface area contributed by atoms with Gasteiger partial charge in [0.2, 0.25) is 6.08 Å². The maximum Gasteiger partial charge on any atom is 0.234 e. The molecule has 0 spiro atoms. The van der Waals surface area contributed by atoms with Crippen molar-refractivity contribution >= 4 is 6.08 Å². The van der Waals surface area contributed by atoms with E-state index in [2.05, 4.69) is 18.8 Å². The number of carbonyl (C=O) groups excluding carboxylic acids is 1. The molecule has 0 aliphatic carbocycles. The van der Waals surface area contributed by atoms with E-state index in [1.54, 1.807) is 0 Å². The molecule has 0 aromatic rings. The minimum atomic E-state index is 1.25. The zero-order valence-electron chi connectivity index (χ0n) is 5.06. The van der Waals surface area contributed by atoms with Gasteiger partial charge in [-0.05, 0) is 0 Å². The molecule has 0 fully saturated rings. The van der Waals surface area contributed by atoms with Crippen LogP contribution in [0.4, 0.5) is 0 Å². The largest absolute Gasteiger partial charge is 0.234 e. The predicted molar refractivity (Wildman–Crippen MR) is 30.0 cm³/mol. The summed E-state index contributed by atoms with van der Waals surface area (Å²) in [5.41, 5.74) is 0. The summed E-state index contributed by atoms with van der Waals surface area (Å²) in [4.78, 5) is 11.8. The molecule has 0 atom stereocenters. The third-order valence-corrected chi connectivity index (χ3v) is 0.0913. The van der Waals surface area contributed by atoms with Crippen molar-refractivity contribution in [3.63, 3.8) is 0 Å². The van der Waals surface area contributed by atoms with Crippen LogP contribution in [0.25, 0.3) is 0 Å². The number of nitrogens with zero attached hydrogens (tertiary/aromatic N) is 1. The Kier molecular flexibility index (Phi) is 25.1. The van der Waals surface area contributed by atoms with E-state index in [-0.39, 0.29) is 0 Å². The first-order valence-electron chi connectivity index (χ1n) is 2.29. The van der Waals surface area contributed by atoms with Crippen molar-refractivity contribution in [2.24, 2.45) is 4.99 Å². The van der Waals surface area contributed by atoms with E-state index < -0.39 is 0 Å².